The van der Waals surface area contributed by atoms with E-state index in [0.29, 0.717) is 18.6 Å². The van der Waals surface area contributed by atoms with Crippen LogP contribution in [-0.2, 0) is 9.53 Å². The Morgan fingerprint density at radius 1 is 1.40 bits per heavy atom. The summed E-state index contributed by atoms with van der Waals surface area (Å²) in [6.07, 6.45) is 5.32. The fraction of sp³-hybridized carbons (Fsp3) is 0.938. The molecule has 0 bridgehead atoms. The summed E-state index contributed by atoms with van der Waals surface area (Å²) in [6, 6.07) is 0.519. The third kappa shape index (κ3) is 4.74. The third-order valence-electron chi connectivity index (χ3n) is 4.58. The van der Waals surface area contributed by atoms with Gasteiger partial charge < -0.3 is 9.84 Å². The molecular weight excluding hydrogens is 254 g/mol. The molecule has 1 saturated carbocycles. The summed E-state index contributed by atoms with van der Waals surface area (Å²) in [6.45, 7) is 8.00. The molecular formula is C16H31NO3. The first kappa shape index (κ1) is 17.4. The number of nitrogens with zero attached hydrogens (tertiary/aromatic N) is 1. The molecule has 0 heterocycles. The molecule has 1 aliphatic rings. The lowest BCUT2D eigenvalue weighted by Gasteiger charge is -2.43. The Kier molecular flexibility index (Phi) is 7.52. The van der Waals surface area contributed by atoms with Crippen LogP contribution in [0.15, 0.2) is 0 Å². The number of hydrogen-bond donors (Lipinski definition) is 1. The van der Waals surface area contributed by atoms with Crippen LogP contribution in [0, 0.1) is 11.8 Å². The van der Waals surface area contributed by atoms with Gasteiger partial charge >= 0.3 is 5.97 Å². The average molecular weight is 285 g/mol. The van der Waals surface area contributed by atoms with Crippen LogP contribution in [0.4, 0.5) is 0 Å². The fourth-order valence-electron chi connectivity index (χ4n) is 3.56. The van der Waals surface area contributed by atoms with E-state index in [1.165, 1.54) is 12.8 Å². The normalized spacial score (nSPS) is 27.2. The van der Waals surface area contributed by atoms with Gasteiger partial charge in [-0.3, -0.25) is 9.69 Å². The van der Waals surface area contributed by atoms with Crippen molar-refractivity contribution in [1.82, 2.24) is 4.90 Å². The summed E-state index contributed by atoms with van der Waals surface area (Å²) in [5.41, 5.74) is 0. The second kappa shape index (κ2) is 8.63. The molecule has 3 atom stereocenters. The molecule has 0 aromatic rings. The van der Waals surface area contributed by atoms with Crippen LogP contribution in [0.3, 0.4) is 0 Å². The van der Waals surface area contributed by atoms with E-state index in [-0.39, 0.29) is 12.0 Å². The smallest absolute Gasteiger partial charge is 0.308 e. The molecule has 118 valence electrons. The van der Waals surface area contributed by atoms with Gasteiger partial charge in [-0.2, -0.15) is 0 Å². The lowest BCUT2D eigenvalue weighted by Crippen LogP contribution is -2.51. The van der Waals surface area contributed by atoms with E-state index in [1.807, 2.05) is 0 Å². The van der Waals surface area contributed by atoms with Gasteiger partial charge in [0.25, 0.3) is 0 Å². The molecule has 1 aliphatic carbocycles. The highest BCUT2D eigenvalue weighted by Crippen LogP contribution is 2.35. The standard InChI is InChI=1S/C16H31NO3/c1-5-6-13-7-8-14(16(18)19)15(11-13)17(12(2)3)9-10-20-4/h12-15H,5-11H2,1-4H3,(H,18,19). The second-order valence-corrected chi connectivity index (χ2v) is 6.30. The number of carbonyl (C=O) groups is 1. The van der Waals surface area contributed by atoms with E-state index in [0.717, 1.165) is 25.8 Å². The Hall–Kier alpha value is -0.610. The highest BCUT2D eigenvalue weighted by Gasteiger charge is 2.38. The number of ether oxygens (including phenoxy) is 1. The van der Waals surface area contributed by atoms with E-state index in [4.69, 9.17) is 4.74 Å². The van der Waals surface area contributed by atoms with Crippen molar-refractivity contribution < 1.29 is 14.6 Å². The summed E-state index contributed by atoms with van der Waals surface area (Å²) in [5.74, 6) is -0.167. The Bertz CT molecular complexity index is 293. The van der Waals surface area contributed by atoms with Crippen molar-refractivity contribution in [1.29, 1.82) is 0 Å². The minimum absolute atomic E-state index is 0.160. The summed E-state index contributed by atoms with van der Waals surface area (Å²) in [4.78, 5) is 13.9. The van der Waals surface area contributed by atoms with Gasteiger partial charge in [-0.15, -0.1) is 0 Å². The molecule has 4 heteroatoms. The summed E-state index contributed by atoms with van der Waals surface area (Å²) >= 11 is 0. The topological polar surface area (TPSA) is 49.8 Å². The Labute approximate surface area is 123 Å². The van der Waals surface area contributed by atoms with Crippen molar-refractivity contribution in [2.75, 3.05) is 20.3 Å². The van der Waals surface area contributed by atoms with Crippen molar-refractivity contribution >= 4 is 5.97 Å². The van der Waals surface area contributed by atoms with Gasteiger partial charge in [-0.05, 0) is 39.0 Å². The highest BCUT2D eigenvalue weighted by molar-refractivity contribution is 5.71. The van der Waals surface area contributed by atoms with E-state index in [9.17, 15) is 9.90 Å². The zero-order chi connectivity index (χ0) is 15.1. The molecule has 0 aliphatic heterocycles. The van der Waals surface area contributed by atoms with Crippen LogP contribution in [0.5, 0.6) is 0 Å². The van der Waals surface area contributed by atoms with Gasteiger partial charge in [0, 0.05) is 25.7 Å². The van der Waals surface area contributed by atoms with Crippen molar-refractivity contribution in [3.8, 4) is 0 Å². The Balaban J connectivity index is 2.81. The highest BCUT2D eigenvalue weighted by atomic mass is 16.5. The largest absolute Gasteiger partial charge is 0.481 e. The predicted molar refractivity (Wildman–Crippen MR) is 80.9 cm³/mol. The zero-order valence-electron chi connectivity index (χ0n) is 13.5. The molecule has 4 nitrogen and oxygen atoms in total. The quantitative estimate of drug-likeness (QED) is 0.745. The first-order valence-corrected chi connectivity index (χ1v) is 7.98. The van der Waals surface area contributed by atoms with Crippen LogP contribution in [0.25, 0.3) is 0 Å². The average Bonchev–Trinajstić information content (AvgIpc) is 2.39. The predicted octanol–water partition coefficient (Wildman–Crippen LogP) is 3.01. The van der Waals surface area contributed by atoms with Crippen molar-refractivity contribution in [3.05, 3.63) is 0 Å². The monoisotopic (exact) mass is 285 g/mol. The number of carboxylic acid groups (broad SMARTS) is 1. The van der Waals surface area contributed by atoms with Crippen molar-refractivity contribution in [2.45, 2.75) is 65.0 Å². The minimum atomic E-state index is -0.631. The maximum absolute atomic E-state index is 11.6. The Morgan fingerprint density at radius 3 is 2.60 bits per heavy atom. The summed E-state index contributed by atoms with van der Waals surface area (Å²) < 4.78 is 5.19. The number of carboxylic acids is 1. The van der Waals surface area contributed by atoms with Crippen LogP contribution in [0.1, 0.15) is 52.9 Å². The molecule has 1 fully saturated rings. The number of aliphatic carboxylic acids is 1. The number of hydrogen-bond acceptors (Lipinski definition) is 3. The van der Waals surface area contributed by atoms with Crippen LogP contribution in [-0.4, -0.2) is 48.3 Å². The maximum atomic E-state index is 11.6. The summed E-state index contributed by atoms with van der Waals surface area (Å²) in [5, 5.41) is 9.52. The molecule has 0 radical (unpaired) electrons. The lowest BCUT2D eigenvalue weighted by atomic mass is 9.75. The molecule has 0 aromatic carbocycles. The second-order valence-electron chi connectivity index (χ2n) is 6.30. The maximum Gasteiger partial charge on any atom is 0.308 e. The van der Waals surface area contributed by atoms with Crippen LogP contribution < -0.4 is 0 Å². The number of methoxy groups -OCH3 is 1. The van der Waals surface area contributed by atoms with E-state index in [2.05, 4.69) is 25.7 Å². The van der Waals surface area contributed by atoms with Gasteiger partial charge in [0.05, 0.1) is 12.5 Å². The molecule has 0 saturated heterocycles. The molecule has 1 N–H and O–H groups in total. The molecule has 0 spiro atoms. The Morgan fingerprint density at radius 2 is 2.10 bits per heavy atom. The SMILES string of the molecule is CCCC1CCC(C(=O)O)C(N(CCOC)C(C)C)C1. The molecule has 1 rings (SSSR count). The minimum Gasteiger partial charge on any atom is -0.481 e. The van der Waals surface area contributed by atoms with Gasteiger partial charge in [-0.1, -0.05) is 19.8 Å². The van der Waals surface area contributed by atoms with E-state index >= 15 is 0 Å². The first-order chi connectivity index (χ1) is 9.51. The van der Waals surface area contributed by atoms with E-state index in [1.54, 1.807) is 7.11 Å². The lowest BCUT2D eigenvalue weighted by molar-refractivity contribution is -0.147. The first-order valence-electron chi connectivity index (χ1n) is 7.98. The van der Waals surface area contributed by atoms with Crippen molar-refractivity contribution in [2.24, 2.45) is 11.8 Å². The number of rotatable bonds is 8. The molecule has 0 amide bonds. The van der Waals surface area contributed by atoms with Crippen LogP contribution >= 0.6 is 0 Å². The van der Waals surface area contributed by atoms with Gasteiger partial charge in [-0.25, -0.2) is 0 Å². The van der Waals surface area contributed by atoms with Gasteiger partial charge in [0.1, 0.15) is 0 Å². The van der Waals surface area contributed by atoms with E-state index < -0.39 is 5.97 Å². The van der Waals surface area contributed by atoms with Crippen molar-refractivity contribution in [3.63, 3.8) is 0 Å². The molecule has 0 aromatic heterocycles. The fourth-order valence-corrected chi connectivity index (χ4v) is 3.56. The van der Waals surface area contributed by atoms with Gasteiger partial charge in [0.2, 0.25) is 0 Å². The molecule has 20 heavy (non-hydrogen) atoms. The zero-order valence-corrected chi connectivity index (χ0v) is 13.5. The third-order valence-corrected chi connectivity index (χ3v) is 4.58. The van der Waals surface area contributed by atoms with Crippen LogP contribution in [0.2, 0.25) is 0 Å². The van der Waals surface area contributed by atoms with Gasteiger partial charge in [0.15, 0.2) is 0 Å². The molecule has 3 unspecified atom stereocenters. The summed E-state index contributed by atoms with van der Waals surface area (Å²) in [7, 11) is 1.70.